The van der Waals surface area contributed by atoms with E-state index in [-0.39, 0.29) is 21.9 Å². The molecule has 7 nitrogen and oxygen atoms in total. The third-order valence-corrected chi connectivity index (χ3v) is 5.21. The highest BCUT2D eigenvalue weighted by Gasteiger charge is 2.20. The first kappa shape index (κ1) is 18.6. The number of halogens is 1. The molecule has 1 heterocycles. The Morgan fingerprint density at radius 3 is 2.41 bits per heavy atom. The molecule has 1 N–H and O–H groups in total. The van der Waals surface area contributed by atoms with Gasteiger partial charge in [0, 0.05) is 24.4 Å². The van der Waals surface area contributed by atoms with Gasteiger partial charge in [-0.25, -0.2) is 17.5 Å². The molecule has 0 bridgehead atoms. The van der Waals surface area contributed by atoms with Crippen molar-refractivity contribution in [3.05, 3.63) is 70.8 Å². The third kappa shape index (κ3) is 3.98. The van der Waals surface area contributed by atoms with Crippen molar-refractivity contribution >= 4 is 15.7 Å². The molecule has 9 heteroatoms. The average Bonchev–Trinajstić information content (AvgIpc) is 2.64. The zero-order valence-corrected chi connectivity index (χ0v) is 15.3. The highest BCUT2D eigenvalue weighted by molar-refractivity contribution is 7.92. The number of hydrogen-bond donors (Lipinski definition) is 1. The number of nitrogens with zero attached hydrogens (tertiary/aromatic N) is 2. The maximum atomic E-state index is 13.5. The van der Waals surface area contributed by atoms with E-state index in [4.69, 9.17) is 4.74 Å². The second-order valence-corrected chi connectivity index (χ2v) is 7.31. The van der Waals surface area contributed by atoms with Crippen molar-refractivity contribution in [3.8, 4) is 17.0 Å². The maximum Gasteiger partial charge on any atom is 0.266 e. The van der Waals surface area contributed by atoms with Crippen molar-refractivity contribution in [1.29, 1.82) is 0 Å². The Morgan fingerprint density at radius 2 is 1.78 bits per heavy atom. The number of hydrogen-bond acceptors (Lipinski definition) is 5. The highest BCUT2D eigenvalue weighted by atomic mass is 32.2. The molecule has 2 aromatic carbocycles. The lowest BCUT2D eigenvalue weighted by Gasteiger charge is -2.12. The fraction of sp³-hybridized carbons (Fsp3) is 0.111. The number of methoxy groups -OCH3 is 1. The fourth-order valence-electron chi connectivity index (χ4n) is 2.44. The van der Waals surface area contributed by atoms with Crippen LogP contribution in [0.4, 0.5) is 10.1 Å². The molecule has 1 aromatic heterocycles. The number of rotatable bonds is 5. The highest BCUT2D eigenvalue weighted by Crippen LogP contribution is 2.27. The van der Waals surface area contributed by atoms with Crippen molar-refractivity contribution in [3.63, 3.8) is 0 Å². The van der Waals surface area contributed by atoms with Gasteiger partial charge in [0.05, 0.1) is 12.8 Å². The van der Waals surface area contributed by atoms with E-state index in [0.717, 1.165) is 12.1 Å². The minimum atomic E-state index is -4.04. The van der Waals surface area contributed by atoms with E-state index in [1.165, 1.54) is 23.9 Å². The number of sulfonamides is 1. The smallest absolute Gasteiger partial charge is 0.266 e. The minimum absolute atomic E-state index is 0.0370. The molecule has 27 heavy (non-hydrogen) atoms. The maximum absolute atomic E-state index is 13.5. The predicted molar refractivity (Wildman–Crippen MR) is 98.7 cm³/mol. The van der Waals surface area contributed by atoms with Crippen LogP contribution < -0.4 is 15.0 Å². The van der Waals surface area contributed by atoms with Crippen LogP contribution in [0.3, 0.4) is 0 Å². The number of nitrogens with one attached hydrogen (secondary N) is 1. The Balaban J connectivity index is 1.89. The number of aryl methyl sites for hydroxylation is 1. The second-order valence-electron chi connectivity index (χ2n) is 5.66. The van der Waals surface area contributed by atoms with Crippen LogP contribution >= 0.6 is 0 Å². The van der Waals surface area contributed by atoms with Crippen LogP contribution in [0.2, 0.25) is 0 Å². The Bertz CT molecular complexity index is 1140. The van der Waals surface area contributed by atoms with Crippen LogP contribution in [0, 0.1) is 5.82 Å². The molecular weight excluding hydrogens is 373 g/mol. The molecule has 0 aliphatic carbocycles. The summed E-state index contributed by atoms with van der Waals surface area (Å²) in [4.78, 5) is 11.1. The van der Waals surface area contributed by atoms with Gasteiger partial charge < -0.3 is 4.74 Å². The molecule has 140 valence electrons. The summed E-state index contributed by atoms with van der Waals surface area (Å²) >= 11 is 0. The molecule has 0 aliphatic rings. The first-order valence-corrected chi connectivity index (χ1v) is 9.29. The largest absolute Gasteiger partial charge is 0.495 e. The van der Waals surface area contributed by atoms with E-state index < -0.39 is 15.8 Å². The Kier molecular flexibility index (Phi) is 4.95. The first-order chi connectivity index (χ1) is 12.8. The second kappa shape index (κ2) is 7.20. The SMILES string of the molecule is COc1ccc(F)cc1S(=O)(=O)Nc1ccc(-c2ccc(=O)n(C)n2)cc1. The molecule has 0 unspecified atom stereocenters. The van der Waals surface area contributed by atoms with Gasteiger partial charge in [0.1, 0.15) is 16.5 Å². The molecule has 3 rings (SSSR count). The monoisotopic (exact) mass is 389 g/mol. The zero-order chi connectivity index (χ0) is 19.6. The minimum Gasteiger partial charge on any atom is -0.495 e. The summed E-state index contributed by atoms with van der Waals surface area (Å²) < 4.78 is 47.2. The van der Waals surface area contributed by atoms with E-state index in [2.05, 4.69) is 9.82 Å². The van der Waals surface area contributed by atoms with Crippen LogP contribution in [-0.4, -0.2) is 25.3 Å². The van der Waals surface area contributed by atoms with Crippen molar-refractivity contribution in [2.24, 2.45) is 7.05 Å². The summed E-state index contributed by atoms with van der Waals surface area (Å²) in [5.74, 6) is -0.651. The summed E-state index contributed by atoms with van der Waals surface area (Å²) in [7, 11) is -1.20. The summed E-state index contributed by atoms with van der Waals surface area (Å²) in [5, 5.41) is 4.13. The summed E-state index contributed by atoms with van der Waals surface area (Å²) in [6.07, 6.45) is 0. The standard InChI is InChI=1S/C18H16FN3O4S/c1-22-18(23)10-8-15(20-22)12-3-6-14(7-4-12)21-27(24,25)17-11-13(19)5-9-16(17)26-2/h3-11,21H,1-2H3. The normalized spacial score (nSPS) is 11.2. The lowest BCUT2D eigenvalue weighted by molar-refractivity contribution is 0.401. The molecular formula is C18H16FN3O4S. The van der Waals surface area contributed by atoms with Gasteiger partial charge in [0.2, 0.25) is 0 Å². The Labute approximate surface area is 155 Å². The van der Waals surface area contributed by atoms with Gasteiger partial charge in [-0.05, 0) is 36.4 Å². The van der Waals surface area contributed by atoms with Crippen LogP contribution in [-0.2, 0) is 17.1 Å². The van der Waals surface area contributed by atoms with Crippen molar-refractivity contribution < 1.29 is 17.5 Å². The number of ether oxygens (including phenoxy) is 1. The fourth-order valence-corrected chi connectivity index (χ4v) is 3.68. The molecule has 0 saturated carbocycles. The molecule has 3 aromatic rings. The Hall–Kier alpha value is -3.20. The van der Waals surface area contributed by atoms with Crippen molar-refractivity contribution in [2.75, 3.05) is 11.8 Å². The molecule has 0 atom stereocenters. The first-order valence-electron chi connectivity index (χ1n) is 7.81. The van der Waals surface area contributed by atoms with Gasteiger partial charge in [0.15, 0.2) is 0 Å². The van der Waals surface area contributed by atoms with Crippen LogP contribution in [0.5, 0.6) is 5.75 Å². The number of benzene rings is 2. The Morgan fingerprint density at radius 1 is 1.07 bits per heavy atom. The predicted octanol–water partition coefficient (Wildman–Crippen LogP) is 2.40. The molecule has 0 saturated heterocycles. The van der Waals surface area contributed by atoms with E-state index in [0.29, 0.717) is 11.3 Å². The molecule has 0 radical (unpaired) electrons. The summed E-state index contributed by atoms with van der Waals surface area (Å²) in [5.41, 5.74) is 1.33. The molecule has 0 spiro atoms. The quantitative estimate of drug-likeness (QED) is 0.724. The lowest BCUT2D eigenvalue weighted by Crippen LogP contribution is -2.18. The summed E-state index contributed by atoms with van der Waals surface area (Å²) in [6, 6.07) is 12.7. The average molecular weight is 389 g/mol. The molecule has 0 amide bonds. The molecule has 0 fully saturated rings. The van der Waals surface area contributed by atoms with Crippen LogP contribution in [0.1, 0.15) is 0 Å². The van der Waals surface area contributed by atoms with Gasteiger partial charge in [-0.2, -0.15) is 5.10 Å². The van der Waals surface area contributed by atoms with Gasteiger partial charge >= 0.3 is 0 Å². The van der Waals surface area contributed by atoms with Crippen molar-refractivity contribution in [2.45, 2.75) is 4.90 Å². The van der Waals surface area contributed by atoms with Crippen molar-refractivity contribution in [1.82, 2.24) is 9.78 Å². The molecule has 0 aliphatic heterocycles. The van der Waals surface area contributed by atoms with E-state index in [1.54, 1.807) is 37.4 Å². The summed E-state index contributed by atoms with van der Waals surface area (Å²) in [6.45, 7) is 0. The topological polar surface area (TPSA) is 90.3 Å². The van der Waals surface area contributed by atoms with E-state index >= 15 is 0 Å². The lowest BCUT2D eigenvalue weighted by atomic mass is 10.1. The van der Waals surface area contributed by atoms with E-state index in [9.17, 15) is 17.6 Å². The van der Waals surface area contributed by atoms with Gasteiger partial charge in [0.25, 0.3) is 15.6 Å². The van der Waals surface area contributed by atoms with E-state index in [1.807, 2.05) is 0 Å². The number of anilines is 1. The zero-order valence-electron chi connectivity index (χ0n) is 14.5. The van der Waals surface area contributed by atoms with Crippen LogP contribution in [0.25, 0.3) is 11.3 Å². The third-order valence-electron chi connectivity index (χ3n) is 3.81. The van der Waals surface area contributed by atoms with Gasteiger partial charge in [-0.15, -0.1) is 0 Å². The van der Waals surface area contributed by atoms with Crippen LogP contribution in [0.15, 0.2) is 64.3 Å². The number of aromatic nitrogens is 2. The van der Waals surface area contributed by atoms with Gasteiger partial charge in [-0.1, -0.05) is 12.1 Å². The van der Waals surface area contributed by atoms with Gasteiger partial charge in [-0.3, -0.25) is 9.52 Å².